The zero-order valence-electron chi connectivity index (χ0n) is 16.6. The van der Waals surface area contributed by atoms with Crippen molar-refractivity contribution in [3.05, 3.63) is 107 Å². The minimum atomic E-state index is -0.281. The van der Waals surface area contributed by atoms with Crippen LogP contribution in [0.2, 0.25) is 0 Å². The first kappa shape index (κ1) is 19.2. The van der Waals surface area contributed by atoms with Crippen LogP contribution in [0.5, 0.6) is 5.75 Å². The Balaban J connectivity index is 1.54. The fraction of sp³-hybridized carbons (Fsp3) is 0.0769. The quantitative estimate of drug-likeness (QED) is 0.254. The normalized spacial score (nSPS) is 11.3. The second kappa shape index (κ2) is 8.50. The molecular weight excluding hydrogens is 372 g/mol. The predicted octanol–water partition coefficient (Wildman–Crippen LogP) is 5.85. The molecule has 3 aromatic carbocycles. The highest BCUT2D eigenvalue weighted by molar-refractivity contribution is 6.20. The van der Waals surface area contributed by atoms with Gasteiger partial charge in [-0.3, -0.25) is 4.79 Å². The van der Waals surface area contributed by atoms with Crippen molar-refractivity contribution in [3.63, 3.8) is 0 Å². The van der Waals surface area contributed by atoms with Crippen LogP contribution in [0, 0.1) is 18.3 Å². The molecule has 0 aliphatic heterocycles. The number of para-hydroxylation sites is 1. The molecule has 0 atom stereocenters. The number of allylic oxidation sites excluding steroid dienone is 1. The number of ether oxygens (including phenoxy) is 1. The first-order chi connectivity index (χ1) is 14.7. The molecule has 1 aromatic heterocycles. The van der Waals surface area contributed by atoms with E-state index in [0.29, 0.717) is 12.2 Å². The number of ketones is 1. The van der Waals surface area contributed by atoms with Crippen molar-refractivity contribution in [2.45, 2.75) is 13.5 Å². The van der Waals surface area contributed by atoms with Crippen LogP contribution in [0.3, 0.4) is 0 Å². The lowest BCUT2D eigenvalue weighted by molar-refractivity contribution is 0.104. The molecule has 1 heterocycles. The number of carbonyl (C=O) groups is 1. The minimum absolute atomic E-state index is 0.0980. The Kier molecular flexibility index (Phi) is 5.45. The Morgan fingerprint density at radius 3 is 2.43 bits per heavy atom. The molecule has 4 rings (SSSR count). The van der Waals surface area contributed by atoms with Crippen LogP contribution in [0.15, 0.2) is 84.4 Å². The first-order valence-electron chi connectivity index (χ1n) is 9.66. The number of nitrogens with one attached hydrogen (secondary N) is 1. The number of fused-ring (bicyclic) bond motifs is 1. The Hall–Kier alpha value is -4.10. The van der Waals surface area contributed by atoms with E-state index in [4.69, 9.17) is 4.74 Å². The van der Waals surface area contributed by atoms with Gasteiger partial charge in [0.1, 0.15) is 24.0 Å². The van der Waals surface area contributed by atoms with Crippen molar-refractivity contribution in [2.24, 2.45) is 0 Å². The Morgan fingerprint density at radius 1 is 1.00 bits per heavy atom. The van der Waals surface area contributed by atoms with Gasteiger partial charge in [0, 0.05) is 16.6 Å². The average molecular weight is 392 g/mol. The van der Waals surface area contributed by atoms with E-state index in [-0.39, 0.29) is 11.4 Å². The van der Waals surface area contributed by atoms with Crippen molar-refractivity contribution in [1.82, 2.24) is 4.98 Å². The van der Waals surface area contributed by atoms with Gasteiger partial charge in [0.2, 0.25) is 5.78 Å². The average Bonchev–Trinajstić information content (AvgIpc) is 3.12. The predicted molar refractivity (Wildman–Crippen MR) is 118 cm³/mol. The van der Waals surface area contributed by atoms with Crippen LogP contribution < -0.4 is 4.74 Å². The molecule has 0 fully saturated rings. The van der Waals surface area contributed by atoms with Crippen LogP contribution in [0.1, 0.15) is 27.2 Å². The maximum atomic E-state index is 13.1. The summed E-state index contributed by atoms with van der Waals surface area (Å²) >= 11 is 0. The van der Waals surface area contributed by atoms with Gasteiger partial charge in [0.15, 0.2) is 0 Å². The molecule has 0 amide bonds. The van der Waals surface area contributed by atoms with E-state index < -0.39 is 0 Å². The van der Waals surface area contributed by atoms with E-state index in [1.54, 1.807) is 6.08 Å². The van der Waals surface area contributed by atoms with Crippen molar-refractivity contribution in [3.8, 4) is 11.8 Å². The lowest BCUT2D eigenvalue weighted by Crippen LogP contribution is -2.03. The zero-order valence-corrected chi connectivity index (χ0v) is 16.6. The maximum Gasteiger partial charge on any atom is 0.205 e. The lowest BCUT2D eigenvalue weighted by atomic mass is 9.99. The number of Topliss-reactive ketones (excluding diaryl/α,β-unsaturated/α-hetero) is 1. The van der Waals surface area contributed by atoms with Gasteiger partial charge >= 0.3 is 0 Å². The monoisotopic (exact) mass is 392 g/mol. The van der Waals surface area contributed by atoms with Gasteiger partial charge in [-0.15, -0.1) is 0 Å². The van der Waals surface area contributed by atoms with Gasteiger partial charge in [-0.1, -0.05) is 60.7 Å². The molecule has 0 saturated heterocycles. The van der Waals surface area contributed by atoms with Gasteiger partial charge in [0.05, 0.1) is 5.56 Å². The summed E-state index contributed by atoms with van der Waals surface area (Å²) in [6.07, 6.45) is 1.62. The highest BCUT2D eigenvalue weighted by Crippen LogP contribution is 2.25. The second-order valence-corrected chi connectivity index (χ2v) is 7.01. The van der Waals surface area contributed by atoms with E-state index in [9.17, 15) is 10.1 Å². The molecular formula is C26H20N2O2. The molecule has 0 bridgehead atoms. The molecule has 30 heavy (non-hydrogen) atoms. The summed E-state index contributed by atoms with van der Waals surface area (Å²) in [7, 11) is 0. The Labute approximate surface area is 175 Å². The van der Waals surface area contributed by atoms with E-state index in [0.717, 1.165) is 33.5 Å². The van der Waals surface area contributed by atoms with Crippen LogP contribution >= 0.6 is 0 Å². The summed E-state index contributed by atoms with van der Waals surface area (Å²) in [5, 5.41) is 10.4. The summed E-state index contributed by atoms with van der Waals surface area (Å²) in [5.74, 6) is 0.449. The SMILES string of the molecule is Cc1[nH]c2ccccc2c1C(=O)/C(C#N)=C/c1ccc(OCc2ccccc2)cc1. The number of carbonyl (C=O) groups excluding carboxylic acids is 1. The molecule has 0 aliphatic carbocycles. The van der Waals surface area contributed by atoms with E-state index in [1.807, 2.05) is 85.8 Å². The van der Waals surface area contributed by atoms with Crippen LogP contribution in [0.25, 0.3) is 17.0 Å². The summed E-state index contributed by atoms with van der Waals surface area (Å²) in [6.45, 7) is 2.33. The first-order valence-corrected chi connectivity index (χ1v) is 9.66. The lowest BCUT2D eigenvalue weighted by Gasteiger charge is -2.06. The van der Waals surface area contributed by atoms with Gasteiger partial charge in [0.25, 0.3) is 0 Å². The van der Waals surface area contributed by atoms with Crippen LogP contribution in [-0.2, 0) is 6.61 Å². The van der Waals surface area contributed by atoms with Gasteiger partial charge in [-0.25, -0.2) is 0 Å². The fourth-order valence-corrected chi connectivity index (χ4v) is 3.42. The standard InChI is InChI=1S/C26H20N2O2/c1-18-25(23-9-5-6-10-24(23)28-18)26(29)21(16-27)15-19-11-13-22(14-12-19)30-17-20-7-3-2-4-8-20/h2-15,28H,17H2,1H3/b21-15+. The van der Waals surface area contributed by atoms with Crippen LogP contribution in [0.4, 0.5) is 0 Å². The highest BCUT2D eigenvalue weighted by atomic mass is 16.5. The molecule has 4 aromatic rings. The molecule has 4 heteroatoms. The summed E-state index contributed by atoms with van der Waals surface area (Å²) in [6, 6.07) is 27.0. The maximum absolute atomic E-state index is 13.1. The summed E-state index contributed by atoms with van der Waals surface area (Å²) in [5.41, 5.74) is 4.14. The molecule has 0 radical (unpaired) electrons. The number of benzene rings is 3. The molecule has 1 N–H and O–H groups in total. The number of nitriles is 1. The molecule has 0 saturated carbocycles. The Bertz CT molecular complexity index is 1260. The van der Waals surface area contributed by atoms with E-state index >= 15 is 0 Å². The van der Waals surface area contributed by atoms with E-state index in [1.165, 1.54) is 0 Å². The summed E-state index contributed by atoms with van der Waals surface area (Å²) < 4.78 is 5.79. The summed E-state index contributed by atoms with van der Waals surface area (Å²) in [4.78, 5) is 16.3. The van der Waals surface area contributed by atoms with Crippen molar-refractivity contribution < 1.29 is 9.53 Å². The number of nitrogens with zero attached hydrogens (tertiary/aromatic N) is 1. The van der Waals surface area contributed by atoms with Gasteiger partial charge in [-0.2, -0.15) is 5.26 Å². The van der Waals surface area contributed by atoms with Gasteiger partial charge in [-0.05, 0) is 42.3 Å². The third kappa shape index (κ3) is 4.01. The molecule has 146 valence electrons. The molecule has 0 unspecified atom stereocenters. The number of hydrogen-bond acceptors (Lipinski definition) is 3. The zero-order chi connectivity index (χ0) is 20.9. The van der Waals surface area contributed by atoms with E-state index in [2.05, 4.69) is 11.1 Å². The van der Waals surface area contributed by atoms with Crippen molar-refractivity contribution >= 4 is 22.8 Å². The molecule has 0 spiro atoms. The number of H-pyrrole nitrogens is 1. The highest BCUT2D eigenvalue weighted by Gasteiger charge is 2.19. The third-order valence-corrected chi connectivity index (χ3v) is 4.93. The molecule has 4 nitrogen and oxygen atoms in total. The van der Waals surface area contributed by atoms with Gasteiger partial charge < -0.3 is 9.72 Å². The number of aryl methyl sites for hydroxylation is 1. The van der Waals surface area contributed by atoms with Crippen molar-refractivity contribution in [2.75, 3.05) is 0 Å². The van der Waals surface area contributed by atoms with Crippen LogP contribution in [-0.4, -0.2) is 10.8 Å². The van der Waals surface area contributed by atoms with Crippen molar-refractivity contribution in [1.29, 1.82) is 5.26 Å². The smallest absolute Gasteiger partial charge is 0.205 e. The topological polar surface area (TPSA) is 65.9 Å². The second-order valence-electron chi connectivity index (χ2n) is 7.01. The third-order valence-electron chi connectivity index (χ3n) is 4.93. The molecule has 0 aliphatic rings. The minimum Gasteiger partial charge on any atom is -0.489 e. The number of aromatic nitrogens is 1. The fourth-order valence-electron chi connectivity index (χ4n) is 3.42. The largest absolute Gasteiger partial charge is 0.489 e. The number of rotatable bonds is 6. The number of aromatic amines is 1. The number of hydrogen-bond donors (Lipinski definition) is 1. The Morgan fingerprint density at radius 2 is 1.70 bits per heavy atom.